The maximum Gasteiger partial charge on any atom is 0.220 e. The van der Waals surface area contributed by atoms with E-state index in [4.69, 9.17) is 9.47 Å². The van der Waals surface area contributed by atoms with Gasteiger partial charge >= 0.3 is 0 Å². The summed E-state index contributed by atoms with van der Waals surface area (Å²) in [6.07, 6.45) is 1.04. The molecule has 1 aromatic carbocycles. The molecule has 2 rings (SSSR count). The van der Waals surface area contributed by atoms with Gasteiger partial charge in [0.2, 0.25) is 21.8 Å². The summed E-state index contributed by atoms with van der Waals surface area (Å²) in [7, 11) is -0.555. The van der Waals surface area contributed by atoms with Crippen LogP contribution in [0, 0.1) is 5.82 Å². The summed E-state index contributed by atoms with van der Waals surface area (Å²) in [6.45, 7) is -0.0292. The van der Waals surface area contributed by atoms with Crippen molar-refractivity contribution in [3.63, 3.8) is 0 Å². The van der Waals surface area contributed by atoms with Gasteiger partial charge in [-0.05, 0) is 17.7 Å². The van der Waals surface area contributed by atoms with E-state index in [0.29, 0.717) is 5.56 Å². The van der Waals surface area contributed by atoms with Gasteiger partial charge in [-0.25, -0.2) is 17.5 Å². The van der Waals surface area contributed by atoms with Crippen molar-refractivity contribution in [3.05, 3.63) is 47.5 Å². The Labute approximate surface area is 139 Å². The van der Waals surface area contributed by atoms with E-state index in [0.717, 1.165) is 6.26 Å². The average molecular weight is 355 g/mol. The van der Waals surface area contributed by atoms with E-state index in [1.54, 1.807) is 6.07 Å². The summed E-state index contributed by atoms with van der Waals surface area (Å²) in [5, 5.41) is 0. The number of sulfonamides is 1. The predicted octanol–water partition coefficient (Wildman–Crippen LogP) is 1.31. The molecule has 1 atom stereocenters. The smallest absolute Gasteiger partial charge is 0.220 e. The third-order valence-corrected chi connectivity index (χ3v) is 3.92. The Balaban J connectivity index is 2.49. The average Bonchev–Trinajstić information content (AvgIpc) is 2.53. The van der Waals surface area contributed by atoms with E-state index in [9.17, 15) is 12.8 Å². The van der Waals surface area contributed by atoms with Crippen LogP contribution < -0.4 is 14.2 Å². The van der Waals surface area contributed by atoms with Crippen LogP contribution in [0.15, 0.2) is 30.3 Å². The summed E-state index contributed by atoms with van der Waals surface area (Å²) in [6, 6.07) is 7.32. The summed E-state index contributed by atoms with van der Waals surface area (Å²) < 4.78 is 49.1. The number of aromatic nitrogens is 2. The molecule has 1 N–H and O–H groups in total. The summed E-state index contributed by atoms with van der Waals surface area (Å²) >= 11 is 0. The third kappa shape index (κ3) is 4.87. The molecule has 0 fully saturated rings. The first-order valence-electron chi connectivity index (χ1n) is 6.99. The number of benzene rings is 1. The van der Waals surface area contributed by atoms with Crippen molar-refractivity contribution in [3.8, 4) is 11.8 Å². The molecular formula is C15H18FN3O4S. The highest BCUT2D eigenvalue weighted by Crippen LogP contribution is 2.26. The van der Waals surface area contributed by atoms with Crippen molar-refractivity contribution in [2.45, 2.75) is 5.92 Å². The van der Waals surface area contributed by atoms with Gasteiger partial charge in [-0.1, -0.05) is 12.1 Å². The van der Waals surface area contributed by atoms with Crippen molar-refractivity contribution < 1.29 is 22.3 Å². The van der Waals surface area contributed by atoms with Gasteiger partial charge in [0, 0.05) is 6.54 Å². The maximum absolute atomic E-state index is 13.6. The van der Waals surface area contributed by atoms with Crippen LogP contribution >= 0.6 is 0 Å². The molecule has 0 saturated carbocycles. The van der Waals surface area contributed by atoms with Crippen LogP contribution in [0.1, 0.15) is 17.3 Å². The summed E-state index contributed by atoms with van der Waals surface area (Å²) in [4.78, 5) is 8.47. The normalized spacial score (nSPS) is 12.7. The number of methoxy groups -OCH3 is 2. The molecule has 0 aliphatic heterocycles. The van der Waals surface area contributed by atoms with Gasteiger partial charge in [0.05, 0.1) is 32.5 Å². The van der Waals surface area contributed by atoms with Gasteiger partial charge in [0.15, 0.2) is 0 Å². The number of nitrogens with one attached hydrogen (secondary N) is 1. The van der Waals surface area contributed by atoms with Crippen LogP contribution in [0.25, 0.3) is 0 Å². The minimum Gasteiger partial charge on any atom is -0.481 e. The lowest BCUT2D eigenvalue weighted by molar-refractivity contribution is 0.366. The minimum absolute atomic E-state index is 0.0292. The molecule has 130 valence electrons. The van der Waals surface area contributed by atoms with Crippen molar-refractivity contribution >= 4 is 10.0 Å². The van der Waals surface area contributed by atoms with Crippen molar-refractivity contribution in [2.75, 3.05) is 27.0 Å². The van der Waals surface area contributed by atoms with Crippen LogP contribution in [0.5, 0.6) is 11.8 Å². The van der Waals surface area contributed by atoms with E-state index >= 15 is 0 Å². The molecule has 0 spiro atoms. The molecule has 0 saturated heterocycles. The molecule has 0 aliphatic rings. The van der Waals surface area contributed by atoms with Crippen molar-refractivity contribution in [1.29, 1.82) is 0 Å². The fraction of sp³-hybridized carbons (Fsp3) is 0.333. The Bertz CT molecular complexity index is 792. The fourth-order valence-electron chi connectivity index (χ4n) is 2.10. The summed E-state index contributed by atoms with van der Waals surface area (Å²) in [5.74, 6) is -0.269. The summed E-state index contributed by atoms with van der Waals surface area (Å²) in [5.41, 5.74) is 0.529. The highest BCUT2D eigenvalue weighted by Gasteiger charge is 2.21. The molecule has 7 nitrogen and oxygen atoms in total. The lowest BCUT2D eigenvalue weighted by Crippen LogP contribution is -2.28. The second kappa shape index (κ2) is 7.54. The molecule has 24 heavy (non-hydrogen) atoms. The first-order valence-corrected chi connectivity index (χ1v) is 8.88. The van der Waals surface area contributed by atoms with Crippen LogP contribution in [0.2, 0.25) is 0 Å². The quantitative estimate of drug-likeness (QED) is 0.805. The van der Waals surface area contributed by atoms with E-state index < -0.39 is 21.8 Å². The Kier molecular flexibility index (Phi) is 5.68. The van der Waals surface area contributed by atoms with Gasteiger partial charge in [0.25, 0.3) is 0 Å². The Morgan fingerprint density at radius 3 is 2.29 bits per heavy atom. The lowest BCUT2D eigenvalue weighted by Gasteiger charge is -2.17. The molecule has 0 aliphatic carbocycles. The Morgan fingerprint density at radius 2 is 1.79 bits per heavy atom. The zero-order valence-corrected chi connectivity index (χ0v) is 14.3. The van der Waals surface area contributed by atoms with E-state index in [1.165, 1.54) is 38.5 Å². The van der Waals surface area contributed by atoms with Crippen molar-refractivity contribution in [2.24, 2.45) is 0 Å². The molecule has 0 bridgehead atoms. The third-order valence-electron chi connectivity index (χ3n) is 3.23. The molecule has 0 radical (unpaired) electrons. The molecule has 2 aromatic rings. The first kappa shape index (κ1) is 18.1. The predicted molar refractivity (Wildman–Crippen MR) is 86.2 cm³/mol. The zero-order chi connectivity index (χ0) is 17.7. The maximum atomic E-state index is 13.6. The second-order valence-electron chi connectivity index (χ2n) is 5.04. The molecule has 1 aromatic heterocycles. The zero-order valence-electron chi connectivity index (χ0n) is 13.5. The number of nitrogens with zero attached hydrogens (tertiary/aromatic N) is 2. The molecular weight excluding hydrogens is 337 g/mol. The molecule has 1 unspecified atom stereocenters. The topological polar surface area (TPSA) is 90.4 Å². The number of ether oxygens (including phenoxy) is 2. The fourth-order valence-corrected chi connectivity index (χ4v) is 2.57. The van der Waals surface area contributed by atoms with E-state index in [2.05, 4.69) is 14.7 Å². The van der Waals surface area contributed by atoms with Gasteiger partial charge < -0.3 is 9.47 Å². The monoisotopic (exact) mass is 355 g/mol. The van der Waals surface area contributed by atoms with Gasteiger partial charge in [-0.3, -0.25) is 0 Å². The van der Waals surface area contributed by atoms with Crippen LogP contribution in [-0.4, -0.2) is 45.4 Å². The second-order valence-corrected chi connectivity index (χ2v) is 6.87. The van der Waals surface area contributed by atoms with E-state index in [1.807, 2.05) is 0 Å². The molecule has 0 amide bonds. The van der Waals surface area contributed by atoms with Crippen LogP contribution in [-0.2, 0) is 10.0 Å². The van der Waals surface area contributed by atoms with Gasteiger partial charge in [-0.15, -0.1) is 0 Å². The molecule has 9 heteroatoms. The number of hydrogen-bond donors (Lipinski definition) is 1. The number of halogens is 1. The highest BCUT2D eigenvalue weighted by atomic mass is 32.2. The SMILES string of the molecule is COc1cc(OC)nc(C(CNS(C)(=O)=O)c2cccc(F)c2)n1. The van der Waals surface area contributed by atoms with Gasteiger partial charge in [-0.2, -0.15) is 9.97 Å². The lowest BCUT2D eigenvalue weighted by atomic mass is 9.98. The number of hydrogen-bond acceptors (Lipinski definition) is 6. The minimum atomic E-state index is -3.44. The Hall–Kier alpha value is -2.26. The van der Waals surface area contributed by atoms with Gasteiger partial charge in [0.1, 0.15) is 11.6 Å². The van der Waals surface area contributed by atoms with Crippen LogP contribution in [0.4, 0.5) is 4.39 Å². The number of rotatable bonds is 7. The first-order chi connectivity index (χ1) is 11.3. The Morgan fingerprint density at radius 1 is 1.17 bits per heavy atom. The van der Waals surface area contributed by atoms with Crippen LogP contribution in [0.3, 0.4) is 0 Å². The van der Waals surface area contributed by atoms with E-state index in [-0.39, 0.29) is 24.1 Å². The van der Waals surface area contributed by atoms with Crippen molar-refractivity contribution in [1.82, 2.24) is 14.7 Å². The largest absolute Gasteiger partial charge is 0.481 e. The molecule has 1 heterocycles. The standard InChI is InChI=1S/C15H18FN3O4S/c1-22-13-8-14(23-2)19-15(18-13)12(9-17-24(3,20)21)10-5-4-6-11(16)7-10/h4-8,12,17H,9H2,1-3H3. The highest BCUT2D eigenvalue weighted by molar-refractivity contribution is 7.88.